The molecule has 8 heteroatoms. The number of sulfonamides is 1. The molecule has 118 valence electrons. The molecule has 0 radical (unpaired) electrons. The fourth-order valence-corrected chi connectivity index (χ4v) is 4.14. The average Bonchev–Trinajstić information content (AvgIpc) is 2.87. The van der Waals surface area contributed by atoms with Gasteiger partial charge in [0.15, 0.2) is 5.03 Å². The number of nitrogens with zero attached hydrogens (tertiary/aromatic N) is 3. The Morgan fingerprint density at radius 2 is 2.19 bits per heavy atom. The van der Waals surface area contributed by atoms with Crippen molar-refractivity contribution >= 4 is 16.0 Å². The van der Waals surface area contributed by atoms with E-state index in [9.17, 15) is 18.3 Å². The van der Waals surface area contributed by atoms with Gasteiger partial charge in [0.25, 0.3) is 10.0 Å². The van der Waals surface area contributed by atoms with E-state index in [2.05, 4.69) is 4.98 Å². The number of aromatic nitrogens is 2. The number of carbonyl (C=O) groups is 1. The first-order chi connectivity index (χ1) is 9.82. The van der Waals surface area contributed by atoms with E-state index < -0.39 is 22.0 Å². The van der Waals surface area contributed by atoms with Gasteiger partial charge in [0.05, 0.1) is 6.33 Å². The number of imidazole rings is 1. The Labute approximate surface area is 124 Å². The van der Waals surface area contributed by atoms with Crippen LogP contribution in [0.5, 0.6) is 0 Å². The molecule has 1 aromatic rings. The maximum absolute atomic E-state index is 12.6. The summed E-state index contributed by atoms with van der Waals surface area (Å²) in [6, 6.07) is -0.987. The standard InChI is InChI=1S/C13H21N3O4S/c1-10(2)7-15-8-12(14-9-15)21(19,20)16-6-4-3-5-11(16)13(17)18/h8-11H,3-7H2,1-2H3,(H,17,18). The zero-order chi connectivity index (χ0) is 15.6. The number of piperidine rings is 1. The Hall–Kier alpha value is -1.41. The number of rotatable bonds is 5. The first-order valence-electron chi connectivity index (χ1n) is 7.09. The lowest BCUT2D eigenvalue weighted by Crippen LogP contribution is -2.47. The van der Waals surface area contributed by atoms with Crippen LogP contribution in [-0.4, -0.2) is 45.9 Å². The van der Waals surface area contributed by atoms with Crippen LogP contribution in [0.2, 0.25) is 0 Å². The number of hydrogen-bond acceptors (Lipinski definition) is 4. The van der Waals surface area contributed by atoms with Gasteiger partial charge in [-0.2, -0.15) is 4.31 Å². The molecule has 1 aromatic heterocycles. The highest BCUT2D eigenvalue weighted by molar-refractivity contribution is 7.89. The number of carboxylic acid groups (broad SMARTS) is 1. The predicted octanol–water partition coefficient (Wildman–Crippen LogP) is 1.17. The molecule has 7 nitrogen and oxygen atoms in total. The third kappa shape index (κ3) is 3.44. The third-order valence-corrected chi connectivity index (χ3v) is 5.29. The molecule has 0 bridgehead atoms. The van der Waals surface area contributed by atoms with Gasteiger partial charge in [0, 0.05) is 19.3 Å². The van der Waals surface area contributed by atoms with Gasteiger partial charge in [-0.3, -0.25) is 4.79 Å². The molecular weight excluding hydrogens is 294 g/mol. The summed E-state index contributed by atoms with van der Waals surface area (Å²) in [6.45, 7) is 4.96. The van der Waals surface area contributed by atoms with E-state index in [4.69, 9.17) is 0 Å². The number of carboxylic acids is 1. The maximum Gasteiger partial charge on any atom is 0.322 e. The Morgan fingerprint density at radius 1 is 1.48 bits per heavy atom. The molecule has 21 heavy (non-hydrogen) atoms. The van der Waals surface area contributed by atoms with Gasteiger partial charge in [-0.25, -0.2) is 13.4 Å². The van der Waals surface area contributed by atoms with Crippen molar-refractivity contribution in [2.75, 3.05) is 6.54 Å². The summed E-state index contributed by atoms with van der Waals surface area (Å²) in [7, 11) is -3.85. The lowest BCUT2D eigenvalue weighted by molar-refractivity contribution is -0.142. The fraction of sp³-hybridized carbons (Fsp3) is 0.692. The monoisotopic (exact) mass is 315 g/mol. The summed E-state index contributed by atoms with van der Waals surface area (Å²) in [5.74, 6) is -0.726. The topological polar surface area (TPSA) is 92.5 Å². The largest absolute Gasteiger partial charge is 0.480 e. The quantitative estimate of drug-likeness (QED) is 0.880. The highest BCUT2D eigenvalue weighted by Crippen LogP contribution is 2.24. The minimum absolute atomic E-state index is 0.0729. The first kappa shape index (κ1) is 16.0. The van der Waals surface area contributed by atoms with Gasteiger partial charge in [-0.15, -0.1) is 0 Å². The second kappa shape index (κ2) is 6.15. The van der Waals surface area contributed by atoms with Crippen molar-refractivity contribution in [3.8, 4) is 0 Å². The summed E-state index contributed by atoms with van der Waals surface area (Å²) < 4.78 is 28.0. The van der Waals surface area contributed by atoms with E-state index in [1.165, 1.54) is 12.5 Å². The Morgan fingerprint density at radius 3 is 2.81 bits per heavy atom. The summed E-state index contributed by atoms with van der Waals surface area (Å²) in [6.07, 6.45) is 4.71. The highest BCUT2D eigenvalue weighted by Gasteiger charge is 2.38. The second-order valence-corrected chi connectivity index (χ2v) is 7.61. The molecule has 1 N–H and O–H groups in total. The van der Waals surface area contributed by atoms with Crippen molar-refractivity contribution in [1.29, 1.82) is 0 Å². The van der Waals surface area contributed by atoms with E-state index >= 15 is 0 Å². The van der Waals surface area contributed by atoms with Crippen molar-refractivity contribution < 1.29 is 18.3 Å². The molecule has 2 rings (SSSR count). The molecule has 0 amide bonds. The van der Waals surface area contributed by atoms with Crippen LogP contribution in [0.3, 0.4) is 0 Å². The zero-order valence-corrected chi connectivity index (χ0v) is 13.1. The Kier molecular flexibility index (Phi) is 4.67. The van der Waals surface area contributed by atoms with Crippen LogP contribution in [0.4, 0.5) is 0 Å². The van der Waals surface area contributed by atoms with Gasteiger partial charge in [-0.05, 0) is 25.2 Å². The van der Waals surface area contributed by atoms with E-state index in [-0.39, 0.29) is 11.6 Å². The first-order valence-corrected chi connectivity index (χ1v) is 8.53. The van der Waals surface area contributed by atoms with Crippen molar-refractivity contribution in [2.45, 2.75) is 50.7 Å². The second-order valence-electron chi connectivity index (χ2n) is 5.77. The maximum atomic E-state index is 12.6. The summed E-state index contributed by atoms with van der Waals surface area (Å²) >= 11 is 0. The van der Waals surface area contributed by atoms with E-state index in [0.717, 1.165) is 10.7 Å². The molecule has 1 atom stereocenters. The zero-order valence-electron chi connectivity index (χ0n) is 12.3. The van der Waals surface area contributed by atoms with Crippen LogP contribution in [0, 0.1) is 5.92 Å². The average molecular weight is 315 g/mol. The third-order valence-electron chi connectivity index (χ3n) is 3.50. The smallest absolute Gasteiger partial charge is 0.322 e. The summed E-state index contributed by atoms with van der Waals surface area (Å²) in [5.41, 5.74) is 0. The molecule has 0 saturated carbocycles. The molecular formula is C13H21N3O4S. The predicted molar refractivity (Wildman–Crippen MR) is 76.2 cm³/mol. The van der Waals surface area contributed by atoms with Crippen LogP contribution in [-0.2, 0) is 21.4 Å². The van der Waals surface area contributed by atoms with Crippen LogP contribution in [0.15, 0.2) is 17.6 Å². The molecule has 1 unspecified atom stereocenters. The van der Waals surface area contributed by atoms with Gasteiger partial charge in [0.2, 0.25) is 0 Å². The van der Waals surface area contributed by atoms with Crippen molar-refractivity contribution in [1.82, 2.24) is 13.9 Å². The Balaban J connectivity index is 2.27. The van der Waals surface area contributed by atoms with Gasteiger partial charge >= 0.3 is 5.97 Å². The molecule has 0 spiro atoms. The van der Waals surface area contributed by atoms with E-state index in [1.54, 1.807) is 4.57 Å². The van der Waals surface area contributed by atoms with Gasteiger partial charge < -0.3 is 9.67 Å². The summed E-state index contributed by atoms with van der Waals surface area (Å²) in [5, 5.41) is 9.14. The van der Waals surface area contributed by atoms with Crippen LogP contribution < -0.4 is 0 Å². The van der Waals surface area contributed by atoms with E-state index in [1.807, 2.05) is 13.8 Å². The van der Waals surface area contributed by atoms with Crippen LogP contribution >= 0.6 is 0 Å². The molecule has 0 aromatic carbocycles. The van der Waals surface area contributed by atoms with E-state index in [0.29, 0.717) is 25.3 Å². The van der Waals surface area contributed by atoms with Gasteiger partial charge in [-0.1, -0.05) is 13.8 Å². The minimum Gasteiger partial charge on any atom is -0.480 e. The molecule has 1 aliphatic heterocycles. The van der Waals surface area contributed by atoms with Crippen molar-refractivity contribution in [3.05, 3.63) is 12.5 Å². The highest BCUT2D eigenvalue weighted by atomic mass is 32.2. The van der Waals surface area contributed by atoms with Crippen LogP contribution in [0.1, 0.15) is 33.1 Å². The number of aliphatic carboxylic acids is 1. The fourth-order valence-electron chi connectivity index (χ4n) is 2.55. The molecule has 0 aliphatic carbocycles. The lowest BCUT2D eigenvalue weighted by atomic mass is 10.1. The molecule has 1 aliphatic rings. The molecule has 1 fully saturated rings. The summed E-state index contributed by atoms with van der Waals surface area (Å²) in [4.78, 5) is 15.2. The van der Waals surface area contributed by atoms with Crippen molar-refractivity contribution in [3.63, 3.8) is 0 Å². The molecule has 2 heterocycles. The Bertz CT molecular complexity index is 609. The van der Waals surface area contributed by atoms with Crippen molar-refractivity contribution in [2.24, 2.45) is 5.92 Å². The molecule has 1 saturated heterocycles. The number of hydrogen-bond donors (Lipinski definition) is 1. The lowest BCUT2D eigenvalue weighted by Gasteiger charge is -2.31. The van der Waals surface area contributed by atoms with Gasteiger partial charge in [0.1, 0.15) is 6.04 Å². The SMILES string of the molecule is CC(C)Cn1cnc(S(=O)(=O)N2CCCCC2C(=O)O)c1. The van der Waals surface area contributed by atoms with Crippen LogP contribution in [0.25, 0.3) is 0 Å². The normalized spacial score (nSPS) is 20.8. The minimum atomic E-state index is -3.85.